The largest absolute Gasteiger partial charge is 0.461 e. The van der Waals surface area contributed by atoms with E-state index in [0.29, 0.717) is 25.0 Å². The Morgan fingerprint density at radius 2 is 1.62 bits per heavy atom. The molecule has 2 aliphatic rings. The van der Waals surface area contributed by atoms with E-state index in [9.17, 15) is 41.1 Å². The minimum absolute atomic E-state index is 0.00596. The van der Waals surface area contributed by atoms with Gasteiger partial charge in [0.2, 0.25) is 0 Å². The van der Waals surface area contributed by atoms with E-state index < -0.39 is 86.2 Å². The highest BCUT2D eigenvalue weighted by Gasteiger charge is 2.55. The second kappa shape index (κ2) is 13.6. The zero-order valence-electron chi connectivity index (χ0n) is 26.5. The molecule has 2 unspecified atom stereocenters. The van der Waals surface area contributed by atoms with Crippen molar-refractivity contribution in [3.8, 4) is 0 Å². The number of alkyl carbamates (subject to hydrolysis) is 1. The van der Waals surface area contributed by atoms with Crippen LogP contribution in [0.1, 0.15) is 70.7 Å². The van der Waals surface area contributed by atoms with E-state index in [2.05, 4.69) is 10.6 Å². The lowest BCUT2D eigenvalue weighted by Gasteiger charge is -2.40. The molecule has 0 radical (unpaired) electrons. The van der Waals surface area contributed by atoms with Gasteiger partial charge in [-0.25, -0.2) is 31.2 Å². The van der Waals surface area contributed by atoms with Gasteiger partial charge in [0, 0.05) is 23.4 Å². The summed E-state index contributed by atoms with van der Waals surface area (Å²) >= 11 is 6.31. The van der Waals surface area contributed by atoms with Gasteiger partial charge >= 0.3 is 12.1 Å². The summed E-state index contributed by atoms with van der Waals surface area (Å²) in [6, 6.07) is 3.64. The van der Waals surface area contributed by atoms with Crippen molar-refractivity contribution in [3.63, 3.8) is 0 Å². The van der Waals surface area contributed by atoms with Gasteiger partial charge in [0.05, 0.1) is 20.8 Å². The van der Waals surface area contributed by atoms with E-state index in [1.807, 2.05) is 0 Å². The summed E-state index contributed by atoms with van der Waals surface area (Å²) in [6.07, 6.45) is 0.157. The molecule has 2 fully saturated rings. The van der Waals surface area contributed by atoms with Crippen LogP contribution in [0.25, 0.3) is 0 Å². The van der Waals surface area contributed by atoms with Gasteiger partial charge < -0.3 is 25.2 Å². The Morgan fingerprint density at radius 1 is 1.04 bits per heavy atom. The number of nitrogens with one attached hydrogen (secondary N) is 2. The van der Waals surface area contributed by atoms with E-state index in [-0.39, 0.29) is 39.9 Å². The molecule has 2 aromatic carbocycles. The molecular weight excluding hydrogens is 665 g/mol. The Labute approximate surface area is 276 Å². The van der Waals surface area contributed by atoms with Crippen LogP contribution in [0, 0.1) is 35.2 Å². The maximum absolute atomic E-state index is 14.0. The normalized spacial score (nSPS) is 23.3. The second-order valence-corrected chi connectivity index (χ2v) is 16.0. The van der Waals surface area contributed by atoms with Crippen LogP contribution in [0.3, 0.4) is 0 Å². The van der Waals surface area contributed by atoms with Crippen molar-refractivity contribution >= 4 is 45.1 Å². The number of aliphatic hydroxyl groups is 1. The van der Waals surface area contributed by atoms with Gasteiger partial charge in [-0.2, -0.15) is 0 Å². The summed E-state index contributed by atoms with van der Waals surface area (Å²) in [6.45, 7) is 8.05. The average Bonchev–Trinajstić information content (AvgIpc) is 3.25. The Kier molecular flexibility index (Phi) is 10.6. The average molecular weight is 703 g/mol. The van der Waals surface area contributed by atoms with Crippen LogP contribution in [-0.2, 0) is 24.1 Å². The van der Waals surface area contributed by atoms with Gasteiger partial charge in [-0.15, -0.1) is 0 Å². The van der Waals surface area contributed by atoms with Gasteiger partial charge in [-0.05, 0) is 82.4 Å². The summed E-state index contributed by atoms with van der Waals surface area (Å²) in [5.74, 6) is -7.82. The first kappa shape index (κ1) is 36.5. The Balaban J connectivity index is 1.46. The summed E-state index contributed by atoms with van der Waals surface area (Å²) in [5, 5.41) is 15.1. The van der Waals surface area contributed by atoms with E-state index in [0.717, 1.165) is 6.07 Å². The van der Waals surface area contributed by atoms with Crippen LogP contribution >= 0.6 is 11.6 Å². The molecule has 3 N–H and O–H groups in total. The van der Waals surface area contributed by atoms with E-state index in [4.69, 9.17) is 21.1 Å². The topological polar surface area (TPSA) is 148 Å². The minimum Gasteiger partial charge on any atom is -0.461 e. The number of sulfone groups is 1. The standard InChI is InChI=1S/C32H38ClF3N2O8S/c1-16(2)26(38-30(41)46-31(3,4)5)29(40)45-15-32(42)13-18-6-7-19(14-32)27(18)47(43,44)24-10-17(8-9-21(24)33)28(39)37-20-11-22(34)25(36)23(35)12-20/h8-12,16,18-19,26-27,42H,6-7,13-15H2,1-5H3,(H,37,39)(H,38,41)/t18?,19?,26-,27-,32-/m0/s1. The Hall–Kier alpha value is -3.36. The molecule has 4 rings (SSSR count). The van der Waals surface area contributed by atoms with Crippen LogP contribution in [0.2, 0.25) is 5.02 Å². The van der Waals surface area contributed by atoms with Gasteiger partial charge in [-0.3, -0.25) is 4.79 Å². The molecule has 0 heterocycles. The first-order chi connectivity index (χ1) is 21.7. The van der Waals surface area contributed by atoms with Gasteiger partial charge in [0.15, 0.2) is 27.3 Å². The van der Waals surface area contributed by atoms with Crippen molar-refractivity contribution in [2.45, 2.75) is 87.7 Å². The number of benzene rings is 2. The molecule has 2 amide bonds. The quantitative estimate of drug-likeness (QED) is 0.220. The van der Waals surface area contributed by atoms with Crippen molar-refractivity contribution in [3.05, 3.63) is 58.4 Å². The highest BCUT2D eigenvalue weighted by molar-refractivity contribution is 7.92. The maximum atomic E-state index is 14.0. The Bertz CT molecular complexity index is 1630. The second-order valence-electron chi connectivity index (χ2n) is 13.6. The molecule has 10 nitrogen and oxygen atoms in total. The molecule has 2 saturated carbocycles. The number of hydrogen-bond acceptors (Lipinski definition) is 8. The van der Waals surface area contributed by atoms with E-state index in [1.165, 1.54) is 12.1 Å². The van der Waals surface area contributed by atoms with E-state index >= 15 is 0 Å². The fraction of sp³-hybridized carbons (Fsp3) is 0.531. The molecule has 0 aliphatic heterocycles. The third kappa shape index (κ3) is 8.39. The minimum atomic E-state index is -4.17. The number of fused-ring (bicyclic) bond motifs is 2. The molecule has 15 heteroatoms. The van der Waals surface area contributed by atoms with Gasteiger partial charge in [-0.1, -0.05) is 25.4 Å². The fourth-order valence-corrected chi connectivity index (χ4v) is 9.17. The van der Waals surface area contributed by atoms with Crippen molar-refractivity contribution in [1.29, 1.82) is 0 Å². The molecular formula is C32H38ClF3N2O8S. The molecule has 2 bridgehead atoms. The lowest BCUT2D eigenvalue weighted by atomic mass is 9.77. The van der Waals surface area contributed by atoms with Crippen LogP contribution < -0.4 is 10.6 Å². The number of rotatable bonds is 9. The smallest absolute Gasteiger partial charge is 0.408 e. The number of esters is 1. The van der Waals surface area contributed by atoms with Crippen LogP contribution in [0.15, 0.2) is 35.2 Å². The highest BCUT2D eigenvalue weighted by atomic mass is 35.5. The molecule has 3 atom stereocenters. The third-order valence-electron chi connectivity index (χ3n) is 8.30. The zero-order chi connectivity index (χ0) is 35.1. The number of hydrogen-bond donors (Lipinski definition) is 3. The van der Waals surface area contributed by atoms with Gasteiger partial charge in [0.25, 0.3) is 5.91 Å². The molecule has 47 heavy (non-hydrogen) atoms. The first-order valence-electron chi connectivity index (χ1n) is 15.1. The molecule has 0 spiro atoms. The highest BCUT2D eigenvalue weighted by Crippen LogP contribution is 2.51. The van der Waals surface area contributed by atoms with E-state index in [1.54, 1.807) is 34.6 Å². The molecule has 258 valence electrons. The van der Waals surface area contributed by atoms with Crippen molar-refractivity contribution < 1.29 is 50.6 Å². The predicted molar refractivity (Wildman–Crippen MR) is 166 cm³/mol. The van der Waals surface area contributed by atoms with Crippen LogP contribution in [0.5, 0.6) is 0 Å². The number of carbonyl (C=O) groups is 3. The lowest BCUT2D eigenvalue weighted by molar-refractivity contribution is -0.158. The summed E-state index contributed by atoms with van der Waals surface area (Å²) in [4.78, 5) is 37.8. The van der Waals surface area contributed by atoms with Gasteiger partial charge in [0.1, 0.15) is 18.2 Å². The maximum Gasteiger partial charge on any atom is 0.408 e. The molecule has 0 saturated heterocycles. The number of carbonyl (C=O) groups excluding carboxylic acids is 3. The van der Waals surface area contributed by atoms with Crippen LogP contribution in [-0.4, -0.2) is 60.6 Å². The molecule has 0 aromatic heterocycles. The SMILES string of the molecule is CC(C)[C@H](NC(=O)OC(C)(C)C)C(=O)OC[C@]1(O)CC2CCC(C1)[C@H]2S(=O)(=O)c1cc(C(=O)Nc2cc(F)c(F)c(F)c2)ccc1Cl. The molecule has 2 aliphatic carbocycles. The van der Waals surface area contributed by atoms with Crippen LogP contribution in [0.4, 0.5) is 23.7 Å². The number of ether oxygens (including phenoxy) is 2. The first-order valence-corrected chi connectivity index (χ1v) is 17.0. The van der Waals surface area contributed by atoms with Crippen molar-refractivity contribution in [2.75, 3.05) is 11.9 Å². The molecule has 2 aromatic rings. The predicted octanol–water partition coefficient (Wildman–Crippen LogP) is 5.80. The van der Waals surface area contributed by atoms with Crippen molar-refractivity contribution in [1.82, 2.24) is 5.32 Å². The summed E-state index contributed by atoms with van der Waals surface area (Å²) in [7, 11) is -4.17. The Morgan fingerprint density at radius 3 is 2.15 bits per heavy atom. The monoisotopic (exact) mass is 702 g/mol. The fourth-order valence-electron chi connectivity index (χ4n) is 6.33. The lowest BCUT2D eigenvalue weighted by Crippen LogP contribution is -2.51. The number of amides is 2. The van der Waals surface area contributed by atoms with Crippen molar-refractivity contribution in [2.24, 2.45) is 17.8 Å². The number of halogens is 4. The summed E-state index contributed by atoms with van der Waals surface area (Å²) in [5.41, 5.74) is -2.86. The summed E-state index contributed by atoms with van der Waals surface area (Å²) < 4.78 is 79.3. The zero-order valence-corrected chi connectivity index (χ0v) is 28.1. The third-order valence-corrected chi connectivity index (χ3v) is 11.2. The number of anilines is 1.